The molecule has 40 heavy (non-hydrogen) atoms. The summed E-state index contributed by atoms with van der Waals surface area (Å²) < 4.78 is 5.58. The van der Waals surface area contributed by atoms with Crippen molar-refractivity contribution in [3.05, 3.63) is 174 Å². The Hall–Kier alpha value is -5.08. The maximum Gasteiger partial charge on any atom is 0.119 e. The second-order valence-corrected chi connectivity index (χ2v) is 10.2. The minimum atomic E-state index is -0.422. The van der Waals surface area contributed by atoms with Crippen molar-refractivity contribution >= 4 is 11.4 Å². The Bertz CT molecular complexity index is 1750. The van der Waals surface area contributed by atoms with Crippen LogP contribution in [0, 0.1) is 0 Å². The number of rotatable bonds is 6. The number of fused-ring (bicyclic) bond motifs is 3. The Kier molecular flexibility index (Phi) is 5.94. The van der Waals surface area contributed by atoms with Gasteiger partial charge in [-0.15, -0.1) is 0 Å². The lowest BCUT2D eigenvalue weighted by molar-refractivity contribution is 0.415. The highest BCUT2D eigenvalue weighted by atomic mass is 16.5. The molecular weight excluding hydrogens is 486 g/mol. The molecule has 0 bridgehead atoms. The summed E-state index contributed by atoms with van der Waals surface area (Å²) in [5.41, 5.74) is 11.6. The van der Waals surface area contributed by atoms with Gasteiger partial charge in [-0.05, 0) is 69.3 Å². The van der Waals surface area contributed by atoms with E-state index in [1.165, 1.54) is 33.4 Å². The third-order valence-electron chi connectivity index (χ3n) is 8.05. The first-order valence-corrected chi connectivity index (χ1v) is 13.6. The molecule has 1 N–H and O–H groups in total. The van der Waals surface area contributed by atoms with E-state index >= 15 is 0 Å². The largest absolute Gasteiger partial charge is 0.497 e. The maximum atomic E-state index is 5.58. The summed E-state index contributed by atoms with van der Waals surface area (Å²) in [6, 6.07) is 54.1. The molecule has 1 aliphatic carbocycles. The highest BCUT2D eigenvalue weighted by Gasteiger charge is 2.46. The van der Waals surface area contributed by atoms with Crippen molar-refractivity contribution in [1.29, 1.82) is 0 Å². The van der Waals surface area contributed by atoms with Crippen LogP contribution in [0.4, 0.5) is 11.4 Å². The summed E-state index contributed by atoms with van der Waals surface area (Å²) in [4.78, 5) is 0. The van der Waals surface area contributed by atoms with E-state index in [0.29, 0.717) is 0 Å². The summed E-state index contributed by atoms with van der Waals surface area (Å²) in [5, 5.41) is 3.76. The molecule has 0 atom stereocenters. The van der Waals surface area contributed by atoms with Gasteiger partial charge in [0, 0.05) is 16.9 Å². The van der Waals surface area contributed by atoms with Crippen molar-refractivity contribution in [2.75, 3.05) is 12.4 Å². The average Bonchev–Trinajstić information content (AvgIpc) is 3.33. The summed E-state index contributed by atoms with van der Waals surface area (Å²) >= 11 is 0. The first-order valence-electron chi connectivity index (χ1n) is 13.6. The minimum absolute atomic E-state index is 0.422. The fraction of sp³-hybridized carbons (Fsp3) is 0.0526. The van der Waals surface area contributed by atoms with Crippen LogP contribution in [0.3, 0.4) is 0 Å². The highest BCUT2D eigenvalue weighted by Crippen LogP contribution is 2.56. The molecule has 0 saturated carbocycles. The number of nitrogens with one attached hydrogen (secondary N) is 1. The molecule has 2 nitrogen and oxygen atoms in total. The Labute approximate surface area is 235 Å². The second-order valence-electron chi connectivity index (χ2n) is 10.2. The molecule has 6 aromatic rings. The van der Waals surface area contributed by atoms with Gasteiger partial charge >= 0.3 is 0 Å². The van der Waals surface area contributed by atoms with Crippen LogP contribution in [0.2, 0.25) is 0 Å². The third kappa shape index (κ3) is 3.80. The summed E-state index contributed by atoms with van der Waals surface area (Å²) in [5.74, 6) is 0.834. The molecule has 192 valence electrons. The number of methoxy groups -OCH3 is 1. The van der Waals surface area contributed by atoms with E-state index in [9.17, 15) is 0 Å². The lowest BCUT2D eigenvalue weighted by Gasteiger charge is -2.34. The normalized spacial score (nSPS) is 12.8. The quantitative estimate of drug-likeness (QED) is 0.238. The first kappa shape index (κ1) is 24.0. The molecule has 0 saturated heterocycles. The monoisotopic (exact) mass is 515 g/mol. The van der Waals surface area contributed by atoms with Crippen LogP contribution in [0.15, 0.2) is 152 Å². The van der Waals surface area contributed by atoms with Crippen molar-refractivity contribution in [1.82, 2.24) is 0 Å². The van der Waals surface area contributed by atoms with Gasteiger partial charge in [-0.1, -0.05) is 121 Å². The maximum absolute atomic E-state index is 5.58. The van der Waals surface area contributed by atoms with Crippen molar-refractivity contribution in [2.24, 2.45) is 0 Å². The zero-order chi connectivity index (χ0) is 26.9. The molecule has 0 fully saturated rings. The third-order valence-corrected chi connectivity index (χ3v) is 8.05. The van der Waals surface area contributed by atoms with E-state index < -0.39 is 5.41 Å². The van der Waals surface area contributed by atoms with E-state index in [0.717, 1.165) is 28.3 Å². The van der Waals surface area contributed by atoms with Gasteiger partial charge in [0.05, 0.1) is 12.5 Å². The predicted molar refractivity (Wildman–Crippen MR) is 165 cm³/mol. The van der Waals surface area contributed by atoms with Crippen LogP contribution in [-0.4, -0.2) is 7.11 Å². The number of hydrogen-bond donors (Lipinski definition) is 1. The molecule has 1 aliphatic rings. The van der Waals surface area contributed by atoms with Crippen LogP contribution in [0.5, 0.6) is 5.75 Å². The fourth-order valence-corrected chi connectivity index (χ4v) is 6.29. The smallest absolute Gasteiger partial charge is 0.119 e. The van der Waals surface area contributed by atoms with Crippen LogP contribution in [-0.2, 0) is 5.41 Å². The zero-order valence-electron chi connectivity index (χ0n) is 22.3. The van der Waals surface area contributed by atoms with E-state index in [1.807, 2.05) is 12.1 Å². The average molecular weight is 516 g/mol. The molecule has 0 radical (unpaired) electrons. The Morgan fingerprint density at radius 2 is 1.10 bits per heavy atom. The van der Waals surface area contributed by atoms with Crippen molar-refractivity contribution in [3.8, 4) is 28.0 Å². The Balaban J connectivity index is 1.44. The topological polar surface area (TPSA) is 21.3 Å². The Morgan fingerprint density at radius 1 is 0.500 bits per heavy atom. The van der Waals surface area contributed by atoms with Crippen LogP contribution < -0.4 is 10.1 Å². The molecule has 0 unspecified atom stereocenters. The fourth-order valence-electron chi connectivity index (χ4n) is 6.29. The molecule has 0 spiro atoms. The molecule has 0 aliphatic heterocycles. The van der Waals surface area contributed by atoms with Crippen LogP contribution in [0.1, 0.15) is 22.3 Å². The van der Waals surface area contributed by atoms with Gasteiger partial charge in [-0.2, -0.15) is 0 Å². The van der Waals surface area contributed by atoms with Gasteiger partial charge in [-0.3, -0.25) is 0 Å². The van der Waals surface area contributed by atoms with Gasteiger partial charge in [0.25, 0.3) is 0 Å². The summed E-state index contributed by atoms with van der Waals surface area (Å²) in [7, 11) is 1.71. The minimum Gasteiger partial charge on any atom is -0.497 e. The van der Waals surface area contributed by atoms with Crippen LogP contribution in [0.25, 0.3) is 22.3 Å². The molecule has 2 heteroatoms. The number of hydrogen-bond acceptors (Lipinski definition) is 2. The molecule has 7 rings (SSSR count). The van der Waals surface area contributed by atoms with Gasteiger partial charge in [0.1, 0.15) is 5.75 Å². The number of ether oxygens (including phenoxy) is 1. The number of benzene rings is 6. The van der Waals surface area contributed by atoms with Gasteiger partial charge < -0.3 is 10.1 Å². The van der Waals surface area contributed by atoms with E-state index in [1.54, 1.807) is 7.11 Å². The predicted octanol–water partition coefficient (Wildman–Crippen LogP) is 9.47. The molecule has 0 amide bonds. The van der Waals surface area contributed by atoms with E-state index in [4.69, 9.17) is 4.74 Å². The van der Waals surface area contributed by atoms with Crippen LogP contribution >= 0.6 is 0 Å². The number of anilines is 2. The standard InChI is InChI=1S/C38H29NO/c1-40-31-22-24-37(34(26-31)27-13-5-2-6-14-27)39-30-21-23-33-32-19-11-12-20-35(32)38(36(33)25-30,28-15-7-3-8-16-28)29-17-9-4-10-18-29/h2-26,39H,1H3. The van der Waals surface area contributed by atoms with Gasteiger partial charge in [0.2, 0.25) is 0 Å². The molecule has 0 aromatic heterocycles. The Morgan fingerprint density at radius 3 is 1.77 bits per heavy atom. The molecule has 0 heterocycles. The zero-order valence-corrected chi connectivity index (χ0v) is 22.3. The SMILES string of the molecule is COc1ccc(Nc2ccc3c(c2)C(c2ccccc2)(c2ccccc2)c2ccccc2-3)c(-c2ccccc2)c1. The van der Waals surface area contributed by atoms with Crippen molar-refractivity contribution in [2.45, 2.75) is 5.41 Å². The molecule has 6 aromatic carbocycles. The van der Waals surface area contributed by atoms with Gasteiger partial charge in [-0.25, -0.2) is 0 Å². The van der Waals surface area contributed by atoms with Gasteiger partial charge in [0.15, 0.2) is 0 Å². The first-order chi connectivity index (χ1) is 19.8. The van der Waals surface area contributed by atoms with Crippen molar-refractivity contribution < 1.29 is 4.74 Å². The van der Waals surface area contributed by atoms with E-state index in [2.05, 4.69) is 145 Å². The van der Waals surface area contributed by atoms with E-state index in [-0.39, 0.29) is 0 Å². The molecular formula is C38H29NO. The van der Waals surface area contributed by atoms with Crippen molar-refractivity contribution in [3.63, 3.8) is 0 Å². The summed E-state index contributed by atoms with van der Waals surface area (Å²) in [6.07, 6.45) is 0. The lowest BCUT2D eigenvalue weighted by Crippen LogP contribution is -2.28. The lowest BCUT2D eigenvalue weighted by atomic mass is 9.67. The summed E-state index contributed by atoms with van der Waals surface area (Å²) in [6.45, 7) is 0. The second kappa shape index (κ2) is 9.91. The highest BCUT2D eigenvalue weighted by molar-refractivity contribution is 5.89.